The summed E-state index contributed by atoms with van der Waals surface area (Å²) < 4.78 is 0. The molecule has 5 aromatic rings. The van der Waals surface area contributed by atoms with Gasteiger partial charge in [0.25, 0.3) is 11.8 Å². The number of anilines is 1. The van der Waals surface area contributed by atoms with Crippen molar-refractivity contribution in [2.75, 3.05) is 11.9 Å². The van der Waals surface area contributed by atoms with Crippen molar-refractivity contribution in [2.24, 2.45) is 0 Å². The zero-order valence-electron chi connectivity index (χ0n) is 19.2. The van der Waals surface area contributed by atoms with Gasteiger partial charge in [-0.3, -0.25) is 19.7 Å². The Balaban J connectivity index is 1.22. The average molecular weight is 500 g/mol. The molecule has 6 rings (SSSR count). The van der Waals surface area contributed by atoms with Crippen molar-refractivity contribution >= 4 is 51.2 Å². The first-order chi connectivity index (χ1) is 17.6. The number of nitrogens with zero attached hydrogens (tertiary/aromatic N) is 4. The molecule has 1 fully saturated rings. The quantitative estimate of drug-likeness (QED) is 0.317. The van der Waals surface area contributed by atoms with E-state index in [1.54, 1.807) is 24.4 Å². The average Bonchev–Trinajstić information content (AvgIpc) is 3.56. The molecule has 1 atom stereocenters. The lowest BCUT2D eigenvalue weighted by atomic mass is 9.98. The summed E-state index contributed by atoms with van der Waals surface area (Å²) in [4.78, 5) is 39.8. The number of imidazole rings is 1. The van der Waals surface area contributed by atoms with Gasteiger partial charge < -0.3 is 15.2 Å². The summed E-state index contributed by atoms with van der Waals surface area (Å²) >= 11 is 6.34. The number of aromatic nitrogens is 5. The van der Waals surface area contributed by atoms with Crippen LogP contribution >= 0.6 is 11.6 Å². The van der Waals surface area contributed by atoms with E-state index in [4.69, 9.17) is 11.6 Å². The molecule has 36 heavy (non-hydrogen) atoms. The minimum atomic E-state index is -0.389. The zero-order chi connectivity index (χ0) is 24.6. The number of H-pyrrole nitrogens is 2. The highest BCUT2D eigenvalue weighted by Crippen LogP contribution is 2.33. The largest absolute Gasteiger partial charge is 0.334 e. The number of hydrogen-bond donors (Lipinski definition) is 3. The lowest BCUT2D eigenvalue weighted by Gasteiger charge is -2.35. The number of nitrogens with one attached hydrogen (secondary N) is 3. The summed E-state index contributed by atoms with van der Waals surface area (Å²) in [5.74, 6) is 0.0710. The summed E-state index contributed by atoms with van der Waals surface area (Å²) in [7, 11) is 0. The molecule has 10 heteroatoms. The fourth-order valence-corrected chi connectivity index (χ4v) is 4.93. The van der Waals surface area contributed by atoms with Crippen LogP contribution in [0.25, 0.3) is 21.9 Å². The van der Waals surface area contributed by atoms with E-state index in [0.29, 0.717) is 28.5 Å². The third-order valence-corrected chi connectivity index (χ3v) is 6.82. The van der Waals surface area contributed by atoms with Crippen LogP contribution in [0.3, 0.4) is 0 Å². The first-order valence-electron chi connectivity index (χ1n) is 11.7. The first kappa shape index (κ1) is 22.2. The molecule has 3 aromatic heterocycles. The highest BCUT2D eigenvalue weighted by Gasteiger charge is 2.30. The Morgan fingerprint density at radius 1 is 1.06 bits per heavy atom. The smallest absolute Gasteiger partial charge is 0.292 e. The van der Waals surface area contributed by atoms with Gasteiger partial charge in [-0.05, 0) is 49.6 Å². The van der Waals surface area contributed by atoms with Crippen LogP contribution in [0, 0.1) is 0 Å². The van der Waals surface area contributed by atoms with Crippen molar-refractivity contribution in [1.82, 2.24) is 30.0 Å². The molecule has 0 saturated carbocycles. The maximum absolute atomic E-state index is 13.5. The second kappa shape index (κ2) is 9.09. The summed E-state index contributed by atoms with van der Waals surface area (Å²) in [6, 6.07) is 16.3. The Labute approximate surface area is 210 Å². The minimum Gasteiger partial charge on any atom is -0.334 e. The number of hydrogen-bond acceptors (Lipinski definition) is 5. The SMILES string of the molecule is O=C(Nc1cc(C2CCCCN2C(=O)c2cnc3cccc(Cl)c3c2)[nH]n1)c1nc2ccccc2[nH]1. The molecular weight excluding hydrogens is 478 g/mol. The van der Waals surface area contributed by atoms with E-state index in [1.807, 2.05) is 41.3 Å². The second-order valence-corrected chi connectivity index (χ2v) is 9.21. The maximum Gasteiger partial charge on any atom is 0.292 e. The molecule has 0 radical (unpaired) electrons. The number of para-hydroxylation sites is 2. The Kier molecular flexibility index (Phi) is 5.61. The summed E-state index contributed by atoms with van der Waals surface area (Å²) in [5, 5.41) is 11.4. The van der Waals surface area contributed by atoms with Crippen molar-refractivity contribution < 1.29 is 9.59 Å². The van der Waals surface area contributed by atoms with Gasteiger partial charge in [0, 0.05) is 29.2 Å². The van der Waals surface area contributed by atoms with Crippen molar-refractivity contribution in [2.45, 2.75) is 25.3 Å². The van der Waals surface area contributed by atoms with Crippen LogP contribution in [0.4, 0.5) is 5.82 Å². The van der Waals surface area contributed by atoms with Crippen molar-refractivity contribution in [3.05, 3.63) is 82.9 Å². The van der Waals surface area contributed by atoms with Gasteiger partial charge in [0.1, 0.15) is 0 Å². The van der Waals surface area contributed by atoms with Crippen molar-refractivity contribution in [1.29, 1.82) is 0 Å². The van der Waals surface area contributed by atoms with Crippen LogP contribution in [0.2, 0.25) is 5.02 Å². The van der Waals surface area contributed by atoms with Gasteiger partial charge in [-0.2, -0.15) is 5.10 Å². The molecule has 1 aliphatic heterocycles. The van der Waals surface area contributed by atoms with Gasteiger partial charge >= 0.3 is 0 Å². The lowest BCUT2D eigenvalue weighted by molar-refractivity contribution is 0.0605. The topological polar surface area (TPSA) is 120 Å². The van der Waals surface area contributed by atoms with Gasteiger partial charge in [0.05, 0.1) is 33.8 Å². The van der Waals surface area contributed by atoms with Crippen molar-refractivity contribution in [3.63, 3.8) is 0 Å². The predicted octanol–water partition coefficient (Wildman–Crippen LogP) is 5.11. The van der Waals surface area contributed by atoms with E-state index in [-0.39, 0.29) is 23.7 Å². The monoisotopic (exact) mass is 499 g/mol. The Morgan fingerprint density at radius 3 is 2.81 bits per heavy atom. The van der Waals surface area contributed by atoms with E-state index in [0.717, 1.165) is 41.4 Å². The van der Waals surface area contributed by atoms with Gasteiger partial charge in [0.2, 0.25) is 0 Å². The van der Waals surface area contributed by atoms with E-state index < -0.39 is 0 Å². The molecule has 1 saturated heterocycles. The number of piperidine rings is 1. The number of fused-ring (bicyclic) bond motifs is 2. The molecule has 0 bridgehead atoms. The third kappa shape index (κ3) is 4.07. The summed E-state index contributed by atoms with van der Waals surface area (Å²) in [5.41, 5.74) is 3.49. The molecule has 0 aliphatic carbocycles. The Morgan fingerprint density at radius 2 is 1.92 bits per heavy atom. The molecule has 1 unspecified atom stereocenters. The molecule has 3 N–H and O–H groups in total. The number of pyridine rings is 1. The number of benzene rings is 2. The zero-order valence-corrected chi connectivity index (χ0v) is 19.9. The van der Waals surface area contributed by atoms with E-state index >= 15 is 0 Å². The number of rotatable bonds is 4. The lowest BCUT2D eigenvalue weighted by Crippen LogP contribution is -2.38. The molecule has 1 aliphatic rings. The number of halogens is 1. The maximum atomic E-state index is 13.5. The Hall–Kier alpha value is -4.24. The molecule has 0 spiro atoms. The van der Waals surface area contributed by atoms with E-state index in [1.165, 1.54) is 0 Å². The predicted molar refractivity (Wildman–Crippen MR) is 137 cm³/mol. The van der Waals surface area contributed by atoms with E-state index in [2.05, 4.69) is 30.5 Å². The first-order valence-corrected chi connectivity index (χ1v) is 12.1. The van der Waals surface area contributed by atoms with Crippen LogP contribution in [-0.4, -0.2) is 48.4 Å². The van der Waals surface area contributed by atoms with Gasteiger partial charge in [0.15, 0.2) is 11.6 Å². The molecule has 4 heterocycles. The second-order valence-electron chi connectivity index (χ2n) is 8.81. The molecular formula is C26H22ClN7O2. The third-order valence-electron chi connectivity index (χ3n) is 6.49. The highest BCUT2D eigenvalue weighted by molar-refractivity contribution is 6.35. The molecule has 180 valence electrons. The molecule has 2 aromatic carbocycles. The van der Waals surface area contributed by atoms with E-state index in [9.17, 15) is 9.59 Å². The van der Waals surface area contributed by atoms with Gasteiger partial charge in [-0.25, -0.2) is 4.98 Å². The summed E-state index contributed by atoms with van der Waals surface area (Å²) in [6.07, 6.45) is 4.27. The number of carbonyl (C=O) groups is 2. The van der Waals surface area contributed by atoms with Crippen LogP contribution in [-0.2, 0) is 0 Å². The van der Waals surface area contributed by atoms with Crippen molar-refractivity contribution in [3.8, 4) is 0 Å². The Bertz CT molecular complexity index is 1580. The standard InChI is InChI=1S/C26H22ClN7O2/c27-17-6-5-9-18-16(17)12-15(14-28-18)26(36)34-11-4-3-10-22(34)21-13-23(33-32-21)31-25(35)24-29-19-7-1-2-8-20(19)30-24/h1-2,5-9,12-14,22H,3-4,10-11H2,(H,29,30)(H2,31,32,33,35). The summed E-state index contributed by atoms with van der Waals surface area (Å²) in [6.45, 7) is 0.615. The van der Waals surface area contributed by atoms with Crippen LogP contribution in [0.15, 0.2) is 60.8 Å². The molecule has 2 amide bonds. The van der Waals surface area contributed by atoms with Crippen LogP contribution in [0.5, 0.6) is 0 Å². The van der Waals surface area contributed by atoms with Gasteiger partial charge in [-0.1, -0.05) is 29.8 Å². The number of aromatic amines is 2. The minimum absolute atomic E-state index is 0.114. The normalized spacial score (nSPS) is 15.9. The van der Waals surface area contributed by atoms with Gasteiger partial charge in [-0.15, -0.1) is 0 Å². The van der Waals surface area contributed by atoms with Crippen LogP contribution in [0.1, 0.15) is 52.0 Å². The number of carbonyl (C=O) groups excluding carboxylic acids is 2. The number of amides is 2. The van der Waals surface area contributed by atoms with Crippen LogP contribution < -0.4 is 5.32 Å². The highest BCUT2D eigenvalue weighted by atomic mass is 35.5. The molecule has 9 nitrogen and oxygen atoms in total. The fourth-order valence-electron chi connectivity index (χ4n) is 4.70. The fraction of sp³-hybridized carbons (Fsp3) is 0.192. The number of likely N-dealkylation sites (tertiary alicyclic amines) is 1.